The van der Waals surface area contributed by atoms with Gasteiger partial charge in [0.15, 0.2) is 0 Å². The fourth-order valence-corrected chi connectivity index (χ4v) is 1.01. The van der Waals surface area contributed by atoms with Crippen molar-refractivity contribution in [1.29, 1.82) is 0 Å². The molecule has 0 radical (unpaired) electrons. The van der Waals surface area contributed by atoms with E-state index in [9.17, 15) is 13.2 Å². The van der Waals surface area contributed by atoms with Gasteiger partial charge in [0.1, 0.15) is 0 Å². The fourth-order valence-electron chi connectivity index (χ4n) is 0.563. The van der Waals surface area contributed by atoms with Gasteiger partial charge < -0.3 is 4.18 Å². The second-order valence-electron chi connectivity index (χ2n) is 2.30. The molecule has 0 saturated carbocycles. The van der Waals surface area contributed by atoms with Crippen LogP contribution in [0.5, 0.6) is 0 Å². The van der Waals surface area contributed by atoms with Crippen molar-refractivity contribution < 1.29 is 21.9 Å². The van der Waals surface area contributed by atoms with Gasteiger partial charge in [0, 0.05) is 11.9 Å². The summed E-state index contributed by atoms with van der Waals surface area (Å²) in [6.07, 6.45) is 0. The first-order valence-corrected chi connectivity index (χ1v) is 5.43. The van der Waals surface area contributed by atoms with E-state index in [-0.39, 0.29) is 0 Å². The molecule has 0 bridgehead atoms. The third-order valence-electron chi connectivity index (χ3n) is 0.956. The number of benzene rings is 1. The molecule has 0 aromatic heterocycles. The Morgan fingerprint density at radius 3 is 1.93 bits per heavy atom. The Bertz CT molecular complexity index is 400. The lowest BCUT2D eigenvalue weighted by Gasteiger charge is -1.90. The molecule has 0 aliphatic carbocycles. The van der Waals surface area contributed by atoms with Gasteiger partial charge in [-0.2, -0.15) is 8.42 Å². The first-order valence-electron chi connectivity index (χ1n) is 3.69. The van der Waals surface area contributed by atoms with Crippen molar-refractivity contribution in [2.45, 2.75) is 6.92 Å². The molecule has 0 amide bonds. The van der Waals surface area contributed by atoms with E-state index in [2.05, 4.69) is 4.18 Å². The summed E-state index contributed by atoms with van der Waals surface area (Å²) >= 11 is 5.54. The summed E-state index contributed by atoms with van der Waals surface area (Å²) in [5, 5.41) is 0.794. The summed E-state index contributed by atoms with van der Waals surface area (Å²) in [6.45, 7) is 0.869. The minimum Gasteiger partial charge on any atom is -0.325 e. The van der Waals surface area contributed by atoms with Crippen LogP contribution >= 0.6 is 11.6 Å². The molecule has 0 saturated heterocycles. The average Bonchev–Trinajstić information content (AvgIpc) is 2.01. The molecule has 0 aliphatic rings. The van der Waals surface area contributed by atoms with Crippen molar-refractivity contribution in [3.8, 4) is 0 Å². The van der Waals surface area contributed by atoms with Gasteiger partial charge in [-0.3, -0.25) is 9.35 Å². The first-order chi connectivity index (χ1) is 6.81. The lowest BCUT2D eigenvalue weighted by molar-refractivity contribution is -0.131. The average molecular weight is 253 g/mol. The highest BCUT2D eigenvalue weighted by Crippen LogP contribution is 2.03. The van der Waals surface area contributed by atoms with Crippen LogP contribution in [0.3, 0.4) is 0 Å². The maximum absolute atomic E-state index is 9.70. The van der Waals surface area contributed by atoms with Crippen molar-refractivity contribution in [2.75, 3.05) is 0 Å². The zero-order valence-electron chi connectivity index (χ0n) is 7.75. The smallest absolute Gasteiger partial charge is 0.325 e. The van der Waals surface area contributed by atoms with E-state index in [1.54, 1.807) is 0 Å². The summed E-state index contributed by atoms with van der Waals surface area (Å²) in [7, 11) is -4.57. The molecule has 84 valence electrons. The van der Waals surface area contributed by atoms with Crippen LogP contribution in [0.4, 0.5) is 0 Å². The number of hydrogen-bond acceptors (Lipinski definition) is 4. The van der Waals surface area contributed by atoms with E-state index in [4.69, 9.17) is 16.2 Å². The zero-order chi connectivity index (χ0) is 11.9. The number of carbonyl (C=O) groups excluding carboxylic acids is 1. The summed E-state index contributed by atoms with van der Waals surface area (Å²) in [5.41, 5.74) is 0. The first kappa shape index (κ1) is 13.9. The van der Waals surface area contributed by atoms with Crippen molar-refractivity contribution in [2.24, 2.45) is 0 Å². The van der Waals surface area contributed by atoms with Gasteiger partial charge in [0.25, 0.3) is 0 Å². The normalized spacial score (nSPS) is 9.80. The minimum atomic E-state index is -4.57. The molecule has 1 aromatic carbocycles. The monoisotopic (exact) mass is 252 g/mol. The van der Waals surface area contributed by atoms with Gasteiger partial charge >= 0.3 is 16.4 Å². The molecular formula is C8H9ClO5S. The Hall–Kier alpha value is -1.11. The van der Waals surface area contributed by atoms with Crippen LogP contribution in [0.25, 0.3) is 0 Å². The van der Waals surface area contributed by atoms with Crippen molar-refractivity contribution >= 4 is 28.0 Å². The largest absolute Gasteiger partial charge is 0.448 e. The fraction of sp³-hybridized carbons (Fsp3) is 0.125. The minimum absolute atomic E-state index is 0.794. The van der Waals surface area contributed by atoms with Gasteiger partial charge in [-0.05, 0) is 12.1 Å². The van der Waals surface area contributed by atoms with Crippen LogP contribution in [0.2, 0.25) is 5.02 Å². The zero-order valence-corrected chi connectivity index (χ0v) is 9.33. The predicted octanol–water partition coefficient (Wildman–Crippen LogP) is 1.69. The second kappa shape index (κ2) is 6.39. The predicted molar refractivity (Wildman–Crippen MR) is 54.8 cm³/mol. The van der Waals surface area contributed by atoms with Gasteiger partial charge in [-0.15, -0.1) is 0 Å². The topological polar surface area (TPSA) is 80.7 Å². The highest BCUT2D eigenvalue weighted by atomic mass is 35.5. The molecule has 7 heteroatoms. The van der Waals surface area contributed by atoms with Gasteiger partial charge in [0.05, 0.1) is 0 Å². The lowest BCUT2D eigenvalue weighted by atomic mass is 10.4. The highest BCUT2D eigenvalue weighted by Gasteiger charge is 2.06. The third kappa shape index (κ3) is 10.8. The molecule has 1 rings (SSSR count). The van der Waals surface area contributed by atoms with E-state index in [1.165, 1.54) is 0 Å². The maximum atomic E-state index is 9.70. The van der Waals surface area contributed by atoms with Crippen LogP contribution in [0.15, 0.2) is 30.3 Å². The maximum Gasteiger partial charge on any atom is 0.448 e. The Morgan fingerprint density at radius 2 is 1.80 bits per heavy atom. The SMILES string of the molecule is CC(=O)OS(=O)(=O)O.Clc1ccccc1. The quantitative estimate of drug-likeness (QED) is 0.770. The van der Waals surface area contributed by atoms with E-state index < -0.39 is 16.4 Å². The Kier molecular flexibility index (Phi) is 5.92. The van der Waals surface area contributed by atoms with Crippen molar-refractivity contribution in [3.05, 3.63) is 35.4 Å². The van der Waals surface area contributed by atoms with Crippen molar-refractivity contribution in [3.63, 3.8) is 0 Å². The van der Waals surface area contributed by atoms with E-state index in [1.807, 2.05) is 30.3 Å². The van der Waals surface area contributed by atoms with Crippen LogP contribution in [0.1, 0.15) is 6.92 Å². The number of halogens is 1. The Labute approximate surface area is 92.6 Å². The summed E-state index contributed by atoms with van der Waals surface area (Å²) in [4.78, 5) is 9.70. The number of hydrogen-bond donors (Lipinski definition) is 1. The van der Waals surface area contributed by atoms with Crippen LogP contribution in [-0.2, 0) is 19.4 Å². The van der Waals surface area contributed by atoms with Crippen LogP contribution in [0, 0.1) is 0 Å². The molecule has 1 N–H and O–H groups in total. The number of rotatable bonds is 1. The molecule has 0 spiro atoms. The summed E-state index contributed by atoms with van der Waals surface area (Å²) < 4.78 is 30.2. The molecule has 0 atom stereocenters. The molecule has 0 fully saturated rings. The third-order valence-corrected chi connectivity index (χ3v) is 1.65. The lowest BCUT2D eigenvalue weighted by Crippen LogP contribution is -2.07. The molecule has 0 aliphatic heterocycles. The van der Waals surface area contributed by atoms with Crippen LogP contribution < -0.4 is 0 Å². The number of carbonyl (C=O) groups is 1. The molecule has 5 nitrogen and oxygen atoms in total. The molecule has 1 aromatic rings. The van der Waals surface area contributed by atoms with E-state index in [0.29, 0.717) is 0 Å². The highest BCUT2D eigenvalue weighted by molar-refractivity contribution is 7.81. The standard InChI is InChI=1S/C6H5Cl.C2H4O5S/c7-6-4-2-1-3-5-6;1-2(3)7-8(4,5)6/h1-5H;1H3,(H,4,5,6). The van der Waals surface area contributed by atoms with E-state index in [0.717, 1.165) is 11.9 Å². The molecule has 0 unspecified atom stereocenters. The second-order valence-corrected chi connectivity index (χ2v) is 3.76. The van der Waals surface area contributed by atoms with Gasteiger partial charge in [0.2, 0.25) is 0 Å². The summed E-state index contributed by atoms with van der Waals surface area (Å²) in [6, 6.07) is 9.44. The van der Waals surface area contributed by atoms with Crippen molar-refractivity contribution in [1.82, 2.24) is 0 Å². The van der Waals surface area contributed by atoms with Crippen LogP contribution in [-0.4, -0.2) is 18.9 Å². The Balaban J connectivity index is 0.000000262. The summed E-state index contributed by atoms with van der Waals surface area (Å²) in [5.74, 6) is -1.06. The van der Waals surface area contributed by atoms with E-state index >= 15 is 0 Å². The Morgan fingerprint density at radius 1 is 1.33 bits per heavy atom. The van der Waals surface area contributed by atoms with Gasteiger partial charge in [-0.1, -0.05) is 29.8 Å². The molecule has 15 heavy (non-hydrogen) atoms. The van der Waals surface area contributed by atoms with Gasteiger partial charge in [-0.25, -0.2) is 0 Å². The molecule has 0 heterocycles. The molecular weight excluding hydrogens is 244 g/mol.